The number of aryl methyl sites for hydroxylation is 1. The van der Waals surface area contributed by atoms with Gasteiger partial charge in [0.1, 0.15) is 16.9 Å². The number of hydrogen-bond acceptors (Lipinski definition) is 8. The van der Waals surface area contributed by atoms with E-state index in [9.17, 15) is 18.0 Å². The maximum Gasteiger partial charge on any atom is 0.421 e. The second kappa shape index (κ2) is 8.95. The number of nitrogens with one attached hydrogen (secondary N) is 2. The number of amides is 1. The lowest BCUT2D eigenvalue weighted by Crippen LogP contribution is -2.27. The van der Waals surface area contributed by atoms with Crippen molar-refractivity contribution in [2.24, 2.45) is 0 Å². The highest BCUT2D eigenvalue weighted by atomic mass is 19.4. The normalized spacial score (nSPS) is 14.5. The number of carbonyl (C=O) groups is 1. The standard InChI is InChI=1S/C21H23F3N6O4/c1-20(2,3)34-19(31)26-13-9-12(21(22,23)24)16-27-15(13)18-30-29-17(33-18)14-11(10-25-28-14)7-5-4-6-8-32-16/h9-10H,4-8H2,1-3H3,(H,25,28)(H,26,31). The number of anilines is 1. The van der Waals surface area contributed by atoms with E-state index in [-0.39, 0.29) is 29.8 Å². The Balaban J connectivity index is 1.84. The SMILES string of the molecule is CC(C)(C)OC(=O)Nc1cc(C(F)(F)F)c2nc1-c1nnc(o1)-c1[nH]ncc1CCCCCO2. The van der Waals surface area contributed by atoms with Crippen molar-refractivity contribution in [3.8, 4) is 29.0 Å². The van der Waals surface area contributed by atoms with Crippen molar-refractivity contribution in [3.05, 3.63) is 23.4 Å². The fourth-order valence-corrected chi connectivity index (χ4v) is 3.35. The lowest BCUT2D eigenvalue weighted by molar-refractivity contribution is -0.139. The van der Waals surface area contributed by atoms with Gasteiger partial charge in [-0.05, 0) is 52.5 Å². The molecule has 34 heavy (non-hydrogen) atoms. The molecule has 1 amide bonds. The number of aromatic nitrogens is 5. The number of rotatable bonds is 1. The van der Waals surface area contributed by atoms with Crippen LogP contribution in [0.25, 0.3) is 23.2 Å². The molecule has 4 heterocycles. The lowest BCUT2D eigenvalue weighted by Gasteiger charge is -2.21. The van der Waals surface area contributed by atoms with Gasteiger partial charge in [0.15, 0.2) is 5.69 Å². The average Bonchev–Trinajstić information content (AvgIpc) is 3.37. The van der Waals surface area contributed by atoms with Crippen LogP contribution in [0.15, 0.2) is 16.7 Å². The predicted octanol–water partition coefficient (Wildman–Crippen LogP) is 4.99. The van der Waals surface area contributed by atoms with Gasteiger partial charge in [-0.15, -0.1) is 10.2 Å². The molecular formula is C21H23F3N6O4. The minimum Gasteiger partial charge on any atom is -0.477 e. The number of aromatic amines is 1. The predicted molar refractivity (Wildman–Crippen MR) is 113 cm³/mol. The van der Waals surface area contributed by atoms with Gasteiger partial charge in [-0.25, -0.2) is 9.78 Å². The van der Waals surface area contributed by atoms with Crippen LogP contribution in [0.2, 0.25) is 0 Å². The molecule has 0 radical (unpaired) electrons. The van der Waals surface area contributed by atoms with Crippen LogP contribution in [0.3, 0.4) is 0 Å². The Bertz CT molecular complexity index is 1180. The molecule has 0 saturated carbocycles. The number of H-pyrrole nitrogens is 1. The Kier molecular flexibility index (Phi) is 6.19. The summed E-state index contributed by atoms with van der Waals surface area (Å²) in [6.45, 7) is 4.90. The zero-order chi connectivity index (χ0) is 24.5. The molecule has 1 aliphatic rings. The van der Waals surface area contributed by atoms with Crippen LogP contribution in [-0.2, 0) is 17.3 Å². The molecule has 13 heteroatoms. The van der Waals surface area contributed by atoms with E-state index in [1.165, 1.54) is 0 Å². The van der Waals surface area contributed by atoms with E-state index in [2.05, 4.69) is 30.7 Å². The number of nitrogens with zero attached hydrogens (tertiary/aromatic N) is 4. The smallest absolute Gasteiger partial charge is 0.421 e. The largest absolute Gasteiger partial charge is 0.477 e. The van der Waals surface area contributed by atoms with Crippen molar-refractivity contribution < 1.29 is 31.9 Å². The zero-order valence-electron chi connectivity index (χ0n) is 18.7. The van der Waals surface area contributed by atoms with Crippen LogP contribution in [0.5, 0.6) is 5.88 Å². The van der Waals surface area contributed by atoms with Crippen molar-refractivity contribution in [3.63, 3.8) is 0 Å². The summed E-state index contributed by atoms with van der Waals surface area (Å²) in [5, 5.41) is 17.1. The average molecular weight is 480 g/mol. The molecular weight excluding hydrogens is 457 g/mol. The number of alkyl halides is 3. The van der Waals surface area contributed by atoms with E-state index < -0.39 is 29.3 Å². The van der Waals surface area contributed by atoms with Gasteiger partial charge in [0.05, 0.1) is 18.5 Å². The molecule has 0 aromatic carbocycles. The number of fused-ring (bicyclic) bond motifs is 7. The van der Waals surface area contributed by atoms with Gasteiger partial charge in [-0.3, -0.25) is 10.4 Å². The molecule has 182 valence electrons. The van der Waals surface area contributed by atoms with E-state index >= 15 is 0 Å². The van der Waals surface area contributed by atoms with Crippen molar-refractivity contribution >= 4 is 11.8 Å². The summed E-state index contributed by atoms with van der Waals surface area (Å²) < 4.78 is 57.8. The number of pyridine rings is 1. The Morgan fingerprint density at radius 3 is 2.65 bits per heavy atom. The van der Waals surface area contributed by atoms with Gasteiger partial charge in [0, 0.05) is 5.56 Å². The van der Waals surface area contributed by atoms with E-state index in [1.54, 1.807) is 27.0 Å². The molecule has 10 nitrogen and oxygen atoms in total. The molecule has 4 bridgehead atoms. The topological polar surface area (TPSA) is 128 Å². The second-order valence-corrected chi connectivity index (χ2v) is 8.70. The summed E-state index contributed by atoms with van der Waals surface area (Å²) in [6, 6.07) is 0.721. The summed E-state index contributed by atoms with van der Waals surface area (Å²) in [5.74, 6) is -0.763. The molecule has 0 aliphatic carbocycles. The van der Waals surface area contributed by atoms with Gasteiger partial charge in [0.25, 0.3) is 11.8 Å². The first-order valence-corrected chi connectivity index (χ1v) is 10.6. The van der Waals surface area contributed by atoms with Gasteiger partial charge < -0.3 is 13.9 Å². The molecule has 0 spiro atoms. The first-order valence-electron chi connectivity index (χ1n) is 10.6. The van der Waals surface area contributed by atoms with Crippen LogP contribution in [-0.4, -0.2) is 43.7 Å². The summed E-state index contributed by atoms with van der Waals surface area (Å²) in [7, 11) is 0. The summed E-state index contributed by atoms with van der Waals surface area (Å²) in [6.07, 6.45) is -1.44. The van der Waals surface area contributed by atoms with E-state index in [0.717, 1.165) is 18.1 Å². The first-order chi connectivity index (χ1) is 16.0. The van der Waals surface area contributed by atoms with Gasteiger partial charge in [-0.2, -0.15) is 18.3 Å². The van der Waals surface area contributed by atoms with Crippen LogP contribution >= 0.6 is 0 Å². The summed E-state index contributed by atoms with van der Waals surface area (Å²) in [4.78, 5) is 16.4. The molecule has 0 saturated heterocycles. The fraction of sp³-hybridized carbons (Fsp3) is 0.476. The van der Waals surface area contributed by atoms with Crippen molar-refractivity contribution in [1.29, 1.82) is 0 Å². The molecule has 3 aromatic rings. The molecule has 4 rings (SSSR count). The molecule has 2 N–H and O–H groups in total. The Morgan fingerprint density at radius 2 is 1.91 bits per heavy atom. The highest BCUT2D eigenvalue weighted by Crippen LogP contribution is 2.40. The monoisotopic (exact) mass is 480 g/mol. The molecule has 0 unspecified atom stereocenters. The highest BCUT2D eigenvalue weighted by molar-refractivity contribution is 5.89. The number of carbonyl (C=O) groups excluding carboxylic acids is 1. The Morgan fingerprint density at radius 1 is 1.15 bits per heavy atom. The third-order valence-corrected chi connectivity index (χ3v) is 4.82. The molecule has 0 fully saturated rings. The maximum absolute atomic E-state index is 13.8. The van der Waals surface area contributed by atoms with Gasteiger partial charge in [0.2, 0.25) is 5.88 Å². The van der Waals surface area contributed by atoms with Gasteiger partial charge in [-0.1, -0.05) is 0 Å². The van der Waals surface area contributed by atoms with E-state index in [1.807, 2.05) is 0 Å². The van der Waals surface area contributed by atoms with Crippen LogP contribution in [0.1, 0.15) is 51.2 Å². The number of hydrogen-bond donors (Lipinski definition) is 2. The van der Waals surface area contributed by atoms with Crippen molar-refractivity contribution in [1.82, 2.24) is 25.4 Å². The number of ether oxygens (including phenoxy) is 2. The minimum absolute atomic E-state index is 0.0295. The first kappa shape index (κ1) is 23.5. The Hall–Kier alpha value is -3.64. The van der Waals surface area contributed by atoms with E-state index in [4.69, 9.17) is 13.9 Å². The molecule has 1 aliphatic heterocycles. The maximum atomic E-state index is 13.8. The van der Waals surface area contributed by atoms with Gasteiger partial charge >= 0.3 is 12.3 Å². The van der Waals surface area contributed by atoms with Crippen LogP contribution < -0.4 is 10.1 Å². The fourth-order valence-electron chi connectivity index (χ4n) is 3.35. The lowest BCUT2D eigenvalue weighted by atomic mass is 10.1. The van der Waals surface area contributed by atoms with Crippen molar-refractivity contribution in [2.75, 3.05) is 11.9 Å². The molecule has 3 aromatic heterocycles. The third kappa shape index (κ3) is 5.29. The second-order valence-electron chi connectivity index (χ2n) is 8.70. The molecule has 0 atom stereocenters. The third-order valence-electron chi connectivity index (χ3n) is 4.82. The zero-order valence-corrected chi connectivity index (χ0v) is 18.7. The van der Waals surface area contributed by atoms with Crippen LogP contribution in [0.4, 0.5) is 23.7 Å². The summed E-state index contributed by atoms with van der Waals surface area (Å²) >= 11 is 0. The van der Waals surface area contributed by atoms with E-state index in [0.29, 0.717) is 25.0 Å². The number of halogens is 3. The quantitative estimate of drug-likeness (QED) is 0.498. The Labute approximate surface area is 192 Å². The minimum atomic E-state index is -4.79. The summed E-state index contributed by atoms with van der Waals surface area (Å²) in [5.41, 5.74) is -1.16. The highest BCUT2D eigenvalue weighted by Gasteiger charge is 2.38. The van der Waals surface area contributed by atoms with Crippen molar-refractivity contribution in [2.45, 2.75) is 58.2 Å². The van der Waals surface area contributed by atoms with Crippen LogP contribution in [0, 0.1) is 0 Å².